The normalized spacial score (nSPS) is 12.4. The highest BCUT2D eigenvalue weighted by molar-refractivity contribution is 6.31. The summed E-state index contributed by atoms with van der Waals surface area (Å²) in [6.45, 7) is 5.26. The first-order chi connectivity index (χ1) is 14.1. The standard InChI is InChI=1S/C24H24ClN3O/c1-3-28-22-11-7-5-9-19(22)20-14-17(12-13-23(20)28)27-24(29)15-26-16(2)18-8-4-6-10-21(18)25/h4-14,16,26H,3,15H2,1-2H3,(H,27,29)/t16-/m0/s1. The number of nitrogens with one attached hydrogen (secondary N) is 2. The fourth-order valence-electron chi connectivity index (χ4n) is 3.86. The zero-order valence-corrected chi connectivity index (χ0v) is 17.3. The van der Waals surface area contributed by atoms with Gasteiger partial charge in [-0.3, -0.25) is 4.79 Å². The van der Waals surface area contributed by atoms with Crippen molar-refractivity contribution in [1.82, 2.24) is 9.88 Å². The highest BCUT2D eigenvalue weighted by Gasteiger charge is 2.13. The van der Waals surface area contributed by atoms with Crippen molar-refractivity contribution in [3.05, 3.63) is 77.3 Å². The molecule has 29 heavy (non-hydrogen) atoms. The number of nitrogens with zero attached hydrogens (tertiary/aromatic N) is 1. The number of carbonyl (C=O) groups excluding carboxylic acids is 1. The summed E-state index contributed by atoms with van der Waals surface area (Å²) in [5.41, 5.74) is 4.17. The molecule has 5 heteroatoms. The van der Waals surface area contributed by atoms with Crippen LogP contribution in [0.4, 0.5) is 5.69 Å². The zero-order chi connectivity index (χ0) is 20.4. The molecule has 0 unspecified atom stereocenters. The largest absolute Gasteiger partial charge is 0.341 e. The van der Waals surface area contributed by atoms with Gasteiger partial charge in [0.25, 0.3) is 0 Å². The summed E-state index contributed by atoms with van der Waals surface area (Å²) in [7, 11) is 0. The van der Waals surface area contributed by atoms with Gasteiger partial charge in [0.1, 0.15) is 0 Å². The summed E-state index contributed by atoms with van der Waals surface area (Å²) >= 11 is 6.24. The lowest BCUT2D eigenvalue weighted by Crippen LogP contribution is -2.30. The molecule has 2 N–H and O–H groups in total. The number of fused-ring (bicyclic) bond motifs is 3. The molecule has 1 atom stereocenters. The van der Waals surface area contributed by atoms with Crippen molar-refractivity contribution in [3.8, 4) is 0 Å². The Morgan fingerprint density at radius 2 is 1.72 bits per heavy atom. The minimum atomic E-state index is -0.0810. The van der Waals surface area contributed by atoms with Crippen LogP contribution in [-0.4, -0.2) is 17.0 Å². The Bertz CT molecular complexity index is 1180. The summed E-state index contributed by atoms with van der Waals surface area (Å²) in [6, 6.07) is 22.1. The number of carbonyl (C=O) groups is 1. The maximum atomic E-state index is 12.5. The molecule has 0 fully saturated rings. The number of para-hydroxylation sites is 1. The maximum absolute atomic E-state index is 12.5. The van der Waals surface area contributed by atoms with E-state index in [9.17, 15) is 4.79 Å². The van der Waals surface area contributed by atoms with Crippen LogP contribution in [0.5, 0.6) is 0 Å². The van der Waals surface area contributed by atoms with Crippen molar-refractivity contribution in [3.63, 3.8) is 0 Å². The first-order valence-electron chi connectivity index (χ1n) is 9.87. The monoisotopic (exact) mass is 405 g/mol. The number of hydrogen-bond acceptors (Lipinski definition) is 2. The number of aromatic nitrogens is 1. The predicted octanol–water partition coefficient (Wildman–Crippen LogP) is 5.76. The van der Waals surface area contributed by atoms with Gasteiger partial charge < -0.3 is 15.2 Å². The van der Waals surface area contributed by atoms with E-state index < -0.39 is 0 Å². The molecule has 0 aliphatic heterocycles. The first-order valence-corrected chi connectivity index (χ1v) is 10.2. The lowest BCUT2D eigenvalue weighted by Gasteiger charge is -2.15. The fraction of sp³-hybridized carbons (Fsp3) is 0.208. The summed E-state index contributed by atoms with van der Waals surface area (Å²) in [5, 5.41) is 9.29. The number of benzene rings is 3. The smallest absolute Gasteiger partial charge is 0.238 e. The van der Waals surface area contributed by atoms with Crippen molar-refractivity contribution in [1.29, 1.82) is 0 Å². The van der Waals surface area contributed by atoms with Crippen LogP contribution in [0.15, 0.2) is 66.7 Å². The Morgan fingerprint density at radius 3 is 2.52 bits per heavy atom. The Morgan fingerprint density at radius 1 is 1.00 bits per heavy atom. The van der Waals surface area contributed by atoms with Crippen LogP contribution in [0.25, 0.3) is 21.8 Å². The van der Waals surface area contributed by atoms with Gasteiger partial charge in [0.15, 0.2) is 0 Å². The fourth-order valence-corrected chi connectivity index (χ4v) is 4.16. The van der Waals surface area contributed by atoms with E-state index in [0.29, 0.717) is 5.02 Å². The van der Waals surface area contributed by atoms with Crippen LogP contribution in [0.2, 0.25) is 5.02 Å². The molecule has 1 aromatic heterocycles. The van der Waals surface area contributed by atoms with Crippen LogP contribution < -0.4 is 10.6 Å². The molecule has 1 amide bonds. The minimum absolute atomic E-state index is 0.0144. The van der Waals surface area contributed by atoms with Crippen LogP contribution in [0, 0.1) is 0 Å². The van der Waals surface area contributed by atoms with Crippen LogP contribution in [0.1, 0.15) is 25.5 Å². The molecular formula is C24H24ClN3O. The second-order valence-corrected chi connectivity index (χ2v) is 7.57. The van der Waals surface area contributed by atoms with Crippen molar-refractivity contribution >= 4 is 45.0 Å². The van der Waals surface area contributed by atoms with Crippen LogP contribution in [-0.2, 0) is 11.3 Å². The summed E-state index contributed by atoms with van der Waals surface area (Å²) in [4.78, 5) is 12.5. The van der Waals surface area contributed by atoms with Gasteiger partial charge in [-0.05, 0) is 49.7 Å². The quantitative estimate of drug-likeness (QED) is 0.428. The van der Waals surface area contributed by atoms with Gasteiger partial charge >= 0.3 is 0 Å². The van der Waals surface area contributed by atoms with E-state index in [1.807, 2.05) is 43.3 Å². The van der Waals surface area contributed by atoms with Crippen molar-refractivity contribution in [2.45, 2.75) is 26.4 Å². The van der Waals surface area contributed by atoms with Gasteiger partial charge in [0, 0.05) is 45.1 Å². The van der Waals surface area contributed by atoms with E-state index >= 15 is 0 Å². The molecule has 4 aromatic rings. The molecule has 148 valence electrons. The Balaban J connectivity index is 1.50. The van der Waals surface area contributed by atoms with Gasteiger partial charge in [-0.25, -0.2) is 0 Å². The third-order valence-electron chi connectivity index (χ3n) is 5.31. The van der Waals surface area contributed by atoms with E-state index in [0.717, 1.165) is 23.2 Å². The van der Waals surface area contributed by atoms with Gasteiger partial charge in [0.2, 0.25) is 5.91 Å². The second kappa shape index (κ2) is 8.27. The highest BCUT2D eigenvalue weighted by Crippen LogP contribution is 2.31. The molecule has 0 bridgehead atoms. The van der Waals surface area contributed by atoms with Crippen molar-refractivity contribution < 1.29 is 4.79 Å². The number of hydrogen-bond donors (Lipinski definition) is 2. The van der Waals surface area contributed by atoms with Crippen molar-refractivity contribution in [2.75, 3.05) is 11.9 Å². The Kier molecular flexibility index (Phi) is 5.56. The molecule has 4 rings (SSSR count). The van der Waals surface area contributed by atoms with E-state index in [1.165, 1.54) is 16.4 Å². The Labute approximate surface area is 175 Å². The van der Waals surface area contributed by atoms with Crippen molar-refractivity contribution in [2.24, 2.45) is 0 Å². The molecule has 0 spiro atoms. The lowest BCUT2D eigenvalue weighted by atomic mass is 10.1. The molecule has 0 aliphatic carbocycles. The molecule has 4 nitrogen and oxygen atoms in total. The summed E-state index contributed by atoms with van der Waals surface area (Å²) in [5.74, 6) is -0.0810. The van der Waals surface area contributed by atoms with Gasteiger partial charge in [-0.1, -0.05) is 48.0 Å². The molecule has 0 saturated heterocycles. The molecule has 0 aliphatic rings. The van der Waals surface area contributed by atoms with Gasteiger partial charge in [-0.2, -0.15) is 0 Å². The highest BCUT2D eigenvalue weighted by atomic mass is 35.5. The number of amides is 1. The lowest BCUT2D eigenvalue weighted by molar-refractivity contribution is -0.115. The van der Waals surface area contributed by atoms with E-state index in [1.54, 1.807) is 0 Å². The average Bonchev–Trinajstić information content (AvgIpc) is 3.05. The molecule has 0 radical (unpaired) electrons. The van der Waals surface area contributed by atoms with Crippen LogP contribution >= 0.6 is 11.6 Å². The summed E-state index contributed by atoms with van der Waals surface area (Å²) in [6.07, 6.45) is 0. The Hall–Kier alpha value is -2.82. The zero-order valence-electron chi connectivity index (χ0n) is 16.6. The number of anilines is 1. The second-order valence-electron chi connectivity index (χ2n) is 7.17. The molecule has 0 saturated carbocycles. The third-order valence-corrected chi connectivity index (χ3v) is 5.66. The predicted molar refractivity (Wildman–Crippen MR) is 122 cm³/mol. The molecule has 3 aromatic carbocycles. The number of aryl methyl sites for hydroxylation is 1. The molecular weight excluding hydrogens is 382 g/mol. The molecule has 1 heterocycles. The van der Waals surface area contributed by atoms with E-state index in [-0.39, 0.29) is 18.5 Å². The number of rotatable bonds is 6. The maximum Gasteiger partial charge on any atom is 0.238 e. The van der Waals surface area contributed by atoms with Crippen LogP contribution in [0.3, 0.4) is 0 Å². The first kappa shape index (κ1) is 19.5. The topological polar surface area (TPSA) is 46.1 Å². The third kappa shape index (κ3) is 3.86. The summed E-state index contributed by atoms with van der Waals surface area (Å²) < 4.78 is 2.29. The average molecular weight is 406 g/mol. The minimum Gasteiger partial charge on any atom is -0.341 e. The van der Waals surface area contributed by atoms with E-state index in [4.69, 9.17) is 11.6 Å². The van der Waals surface area contributed by atoms with E-state index in [2.05, 4.69) is 52.5 Å². The van der Waals surface area contributed by atoms with Gasteiger partial charge in [-0.15, -0.1) is 0 Å². The van der Waals surface area contributed by atoms with Gasteiger partial charge in [0.05, 0.1) is 6.54 Å². The number of halogens is 1. The SMILES string of the molecule is CCn1c2ccccc2c2cc(NC(=O)CN[C@@H](C)c3ccccc3Cl)ccc21.